The predicted octanol–water partition coefficient (Wildman–Crippen LogP) is -1.92. The van der Waals surface area contributed by atoms with Crippen LogP contribution in [0.5, 0.6) is 0 Å². The SMILES string of the molecule is CCCCCCCCNCCC(=O)[O-].[Na+]. The zero-order valence-electron chi connectivity index (χ0n) is 10.2. The maximum absolute atomic E-state index is 10.1. The quantitative estimate of drug-likeness (QED) is 0.347. The van der Waals surface area contributed by atoms with Gasteiger partial charge in [-0.05, 0) is 19.4 Å². The molecule has 0 saturated carbocycles. The number of rotatable bonds is 10. The van der Waals surface area contributed by atoms with Gasteiger partial charge in [-0.3, -0.25) is 0 Å². The molecule has 0 aromatic heterocycles. The second-order valence-electron chi connectivity index (χ2n) is 3.64. The Morgan fingerprint density at radius 2 is 1.67 bits per heavy atom. The Morgan fingerprint density at radius 3 is 2.27 bits per heavy atom. The number of nitrogens with one attached hydrogen (secondary N) is 1. The Kier molecular flexibility index (Phi) is 17.1. The third-order valence-electron chi connectivity index (χ3n) is 2.21. The van der Waals surface area contributed by atoms with E-state index < -0.39 is 5.97 Å². The van der Waals surface area contributed by atoms with Crippen LogP contribution in [0.1, 0.15) is 51.9 Å². The summed E-state index contributed by atoms with van der Waals surface area (Å²) in [6.07, 6.45) is 7.76. The molecule has 3 nitrogen and oxygen atoms in total. The Hall–Kier alpha value is 0.430. The summed E-state index contributed by atoms with van der Waals surface area (Å²) < 4.78 is 0. The third kappa shape index (κ3) is 17.1. The molecule has 15 heavy (non-hydrogen) atoms. The Labute approximate surface area is 115 Å². The number of unbranched alkanes of at least 4 members (excludes halogenated alkanes) is 5. The van der Waals surface area contributed by atoms with E-state index in [1.165, 1.54) is 32.1 Å². The van der Waals surface area contributed by atoms with Crippen LogP contribution in [0.25, 0.3) is 0 Å². The molecule has 0 aliphatic heterocycles. The number of hydrogen-bond donors (Lipinski definition) is 1. The van der Waals surface area contributed by atoms with E-state index >= 15 is 0 Å². The molecule has 0 amide bonds. The summed E-state index contributed by atoms with van der Waals surface area (Å²) in [5.41, 5.74) is 0. The molecule has 0 rings (SSSR count). The van der Waals surface area contributed by atoms with Crippen LogP contribution in [0.4, 0.5) is 0 Å². The maximum Gasteiger partial charge on any atom is 1.00 e. The summed E-state index contributed by atoms with van der Waals surface area (Å²) in [4.78, 5) is 10.1. The van der Waals surface area contributed by atoms with E-state index in [1.54, 1.807) is 0 Å². The molecule has 0 aromatic rings. The molecule has 0 spiro atoms. The summed E-state index contributed by atoms with van der Waals surface area (Å²) in [7, 11) is 0. The number of hydrogen-bond acceptors (Lipinski definition) is 3. The first-order valence-corrected chi connectivity index (χ1v) is 5.68. The van der Waals surface area contributed by atoms with Gasteiger partial charge < -0.3 is 15.2 Å². The average Bonchev–Trinajstić information content (AvgIpc) is 2.15. The minimum absolute atomic E-state index is 0. The molecule has 84 valence electrons. The van der Waals surface area contributed by atoms with Crippen molar-refractivity contribution in [2.24, 2.45) is 0 Å². The zero-order chi connectivity index (χ0) is 10.6. The van der Waals surface area contributed by atoms with Crippen molar-refractivity contribution in [3.8, 4) is 0 Å². The van der Waals surface area contributed by atoms with E-state index in [1.807, 2.05) is 0 Å². The fourth-order valence-corrected chi connectivity index (χ4v) is 1.35. The van der Waals surface area contributed by atoms with E-state index in [0.29, 0.717) is 6.54 Å². The van der Waals surface area contributed by atoms with E-state index in [9.17, 15) is 9.90 Å². The van der Waals surface area contributed by atoms with Crippen molar-refractivity contribution < 1.29 is 39.5 Å². The Morgan fingerprint density at radius 1 is 1.07 bits per heavy atom. The number of carbonyl (C=O) groups excluding carboxylic acids is 1. The summed E-state index contributed by atoms with van der Waals surface area (Å²) in [5, 5.41) is 13.1. The Balaban J connectivity index is 0. The normalized spacial score (nSPS) is 9.67. The maximum atomic E-state index is 10.1. The van der Waals surface area contributed by atoms with Crippen LogP contribution in [-0.4, -0.2) is 19.1 Å². The molecule has 0 atom stereocenters. The van der Waals surface area contributed by atoms with Crippen LogP contribution < -0.4 is 40.0 Å². The first-order valence-electron chi connectivity index (χ1n) is 5.68. The number of aliphatic carboxylic acids is 1. The van der Waals surface area contributed by atoms with Crippen LogP contribution in [-0.2, 0) is 4.79 Å². The number of carboxylic acid groups (broad SMARTS) is 1. The average molecular weight is 223 g/mol. The minimum Gasteiger partial charge on any atom is -0.550 e. The van der Waals surface area contributed by atoms with E-state index in [2.05, 4.69) is 12.2 Å². The number of carbonyl (C=O) groups is 1. The largest absolute Gasteiger partial charge is 1.00 e. The molecule has 0 aliphatic carbocycles. The van der Waals surface area contributed by atoms with E-state index in [0.717, 1.165) is 13.0 Å². The first-order chi connectivity index (χ1) is 6.77. The molecule has 0 radical (unpaired) electrons. The van der Waals surface area contributed by atoms with Crippen molar-refractivity contribution in [3.05, 3.63) is 0 Å². The predicted molar refractivity (Wildman–Crippen MR) is 55.9 cm³/mol. The van der Waals surface area contributed by atoms with Gasteiger partial charge in [0.25, 0.3) is 0 Å². The standard InChI is InChI=1S/C11H23NO2.Na/c1-2-3-4-5-6-7-9-12-10-8-11(13)14;/h12H,2-10H2,1H3,(H,13,14);/q;+1/p-1. The fourth-order valence-electron chi connectivity index (χ4n) is 1.35. The number of carboxylic acids is 1. The van der Waals surface area contributed by atoms with Crippen molar-refractivity contribution in [2.75, 3.05) is 13.1 Å². The van der Waals surface area contributed by atoms with Crippen LogP contribution in [0, 0.1) is 0 Å². The smallest absolute Gasteiger partial charge is 0.550 e. The molecule has 0 aliphatic rings. The van der Waals surface area contributed by atoms with Crippen LogP contribution >= 0.6 is 0 Å². The molecular weight excluding hydrogens is 201 g/mol. The summed E-state index contributed by atoms with van der Waals surface area (Å²) >= 11 is 0. The van der Waals surface area contributed by atoms with Gasteiger partial charge in [0, 0.05) is 12.5 Å². The Bertz CT molecular complexity index is 143. The fraction of sp³-hybridized carbons (Fsp3) is 0.909. The third-order valence-corrected chi connectivity index (χ3v) is 2.21. The molecule has 1 N–H and O–H groups in total. The van der Waals surface area contributed by atoms with Crippen molar-refractivity contribution in [3.63, 3.8) is 0 Å². The summed E-state index contributed by atoms with van der Waals surface area (Å²) in [6, 6.07) is 0. The van der Waals surface area contributed by atoms with Gasteiger partial charge in [-0.25, -0.2) is 0 Å². The topological polar surface area (TPSA) is 52.2 Å². The van der Waals surface area contributed by atoms with Crippen LogP contribution in [0.3, 0.4) is 0 Å². The van der Waals surface area contributed by atoms with Crippen molar-refractivity contribution in [1.29, 1.82) is 0 Å². The molecular formula is C11H22NNaO2. The molecule has 4 heteroatoms. The van der Waals surface area contributed by atoms with Gasteiger partial charge in [0.15, 0.2) is 0 Å². The molecule has 0 fully saturated rings. The second-order valence-corrected chi connectivity index (χ2v) is 3.64. The molecule has 0 heterocycles. The minimum atomic E-state index is -0.972. The van der Waals surface area contributed by atoms with Crippen molar-refractivity contribution in [2.45, 2.75) is 51.9 Å². The first kappa shape index (κ1) is 17.8. The molecule has 0 aromatic carbocycles. The van der Waals surface area contributed by atoms with Gasteiger partial charge in [-0.1, -0.05) is 39.0 Å². The van der Waals surface area contributed by atoms with Gasteiger partial charge in [0.1, 0.15) is 0 Å². The van der Waals surface area contributed by atoms with Gasteiger partial charge in [-0.2, -0.15) is 0 Å². The van der Waals surface area contributed by atoms with E-state index in [4.69, 9.17) is 0 Å². The zero-order valence-corrected chi connectivity index (χ0v) is 12.2. The second kappa shape index (κ2) is 14.4. The van der Waals surface area contributed by atoms with Crippen molar-refractivity contribution in [1.82, 2.24) is 5.32 Å². The summed E-state index contributed by atoms with van der Waals surface area (Å²) in [6.45, 7) is 3.68. The van der Waals surface area contributed by atoms with Crippen LogP contribution in [0.2, 0.25) is 0 Å². The molecule has 0 bridgehead atoms. The van der Waals surface area contributed by atoms with Gasteiger partial charge in [0.05, 0.1) is 0 Å². The monoisotopic (exact) mass is 223 g/mol. The van der Waals surface area contributed by atoms with E-state index in [-0.39, 0.29) is 36.0 Å². The van der Waals surface area contributed by atoms with Gasteiger partial charge in [0.2, 0.25) is 0 Å². The summed E-state index contributed by atoms with van der Waals surface area (Å²) in [5.74, 6) is -0.972. The van der Waals surface area contributed by atoms with Gasteiger partial charge in [-0.15, -0.1) is 0 Å². The van der Waals surface area contributed by atoms with Gasteiger partial charge >= 0.3 is 29.6 Å². The molecule has 0 saturated heterocycles. The van der Waals surface area contributed by atoms with Crippen molar-refractivity contribution >= 4 is 5.97 Å². The molecule has 0 unspecified atom stereocenters. The van der Waals surface area contributed by atoms with Crippen LogP contribution in [0.15, 0.2) is 0 Å².